The van der Waals surface area contributed by atoms with Crippen molar-refractivity contribution in [3.8, 4) is 0 Å². The number of carbonyl (C=O) groups excluding carboxylic acids is 1. The number of benzene rings is 3. The maximum Gasteiger partial charge on any atom is 0.251 e. The van der Waals surface area contributed by atoms with Crippen molar-refractivity contribution in [1.82, 2.24) is 15.6 Å². The summed E-state index contributed by atoms with van der Waals surface area (Å²) in [5.41, 5.74) is 3.07. The third-order valence-electron chi connectivity index (χ3n) is 7.54. The molecule has 4 aromatic rings. The topological polar surface area (TPSA) is 77.5 Å². The van der Waals surface area contributed by atoms with Gasteiger partial charge in [-0.2, -0.15) is 0 Å². The van der Waals surface area contributed by atoms with Crippen LogP contribution in [0, 0.1) is 11.6 Å². The molecule has 3 N–H and O–H groups in total. The number of anilines is 1. The molecule has 3 aromatic carbocycles. The van der Waals surface area contributed by atoms with Gasteiger partial charge in [-0.25, -0.2) is 13.8 Å². The number of amides is 1. The molecule has 43 heavy (non-hydrogen) atoms. The lowest BCUT2D eigenvalue weighted by atomic mass is 9.99. The summed E-state index contributed by atoms with van der Waals surface area (Å²) in [6.45, 7) is 8.76. The van der Waals surface area contributed by atoms with Crippen molar-refractivity contribution in [1.29, 1.82) is 0 Å². The summed E-state index contributed by atoms with van der Waals surface area (Å²) in [6.07, 6.45) is 3.68. The summed E-state index contributed by atoms with van der Waals surface area (Å²) in [4.78, 5) is 20.5. The number of carbonyl (C=O) groups is 1. The Hall–Kier alpha value is -3.88. The van der Waals surface area contributed by atoms with Crippen molar-refractivity contribution < 1.29 is 18.7 Å². The summed E-state index contributed by atoms with van der Waals surface area (Å²) in [7, 11) is 0. The molecule has 228 valence electrons. The highest BCUT2D eigenvalue weighted by atomic mass is 19.1. The van der Waals surface area contributed by atoms with E-state index in [0.717, 1.165) is 60.6 Å². The minimum atomic E-state index is -1.02. The Morgan fingerprint density at radius 1 is 0.907 bits per heavy atom. The monoisotopic (exact) mass is 588 g/mol. The molecule has 1 aromatic heterocycles. The van der Waals surface area contributed by atoms with E-state index in [4.69, 9.17) is 0 Å². The molecule has 4 rings (SSSR count). The SMILES string of the molecule is CCCN(CCC)c1nccc2ccc(C(=O)N[C@@H](Cc3cc(F)cc(F)c3)[C@@H](O)CNCc3cccc(CC)c3)cc12. The molecule has 0 saturated carbocycles. The fourth-order valence-corrected chi connectivity index (χ4v) is 5.39. The number of nitrogens with one attached hydrogen (secondary N) is 2. The Balaban J connectivity index is 1.56. The standard InChI is InChI=1S/C35H42F2N4O2/c1-4-14-41(15-5-2)34-31-20-28(11-10-27(31)12-13-39-34)35(43)40-32(19-26-17-29(36)21-30(37)18-26)33(42)23-38-22-25-9-7-8-24(6-3)16-25/h7-13,16-18,20-21,32-33,38,42H,4-6,14-15,19,22-23H2,1-3H3,(H,40,43)/t32-,33-/m0/s1. The second-order valence-electron chi connectivity index (χ2n) is 11.0. The molecule has 6 nitrogen and oxygen atoms in total. The van der Waals surface area contributed by atoms with E-state index >= 15 is 0 Å². The van der Waals surface area contributed by atoms with Crippen LogP contribution in [-0.4, -0.2) is 47.8 Å². The minimum Gasteiger partial charge on any atom is -0.390 e. The number of nitrogens with zero attached hydrogens (tertiary/aromatic N) is 2. The highest BCUT2D eigenvalue weighted by Gasteiger charge is 2.24. The number of hydrogen-bond acceptors (Lipinski definition) is 5. The van der Waals surface area contributed by atoms with Crippen LogP contribution in [0.2, 0.25) is 0 Å². The lowest BCUT2D eigenvalue weighted by Gasteiger charge is -2.26. The minimum absolute atomic E-state index is 0.0513. The number of fused-ring (bicyclic) bond motifs is 1. The zero-order valence-corrected chi connectivity index (χ0v) is 25.2. The summed E-state index contributed by atoms with van der Waals surface area (Å²) in [5, 5.41) is 19.3. The molecule has 0 spiro atoms. The largest absolute Gasteiger partial charge is 0.390 e. The van der Waals surface area contributed by atoms with E-state index in [0.29, 0.717) is 17.7 Å². The quantitative estimate of drug-likeness (QED) is 0.154. The Labute approximate surface area is 253 Å². The molecule has 0 saturated heterocycles. The van der Waals surface area contributed by atoms with Crippen LogP contribution in [0.3, 0.4) is 0 Å². The van der Waals surface area contributed by atoms with Gasteiger partial charge in [-0.1, -0.05) is 51.1 Å². The van der Waals surface area contributed by atoms with Crippen LogP contribution in [0.5, 0.6) is 0 Å². The van der Waals surface area contributed by atoms with E-state index in [2.05, 4.69) is 53.4 Å². The fourth-order valence-electron chi connectivity index (χ4n) is 5.39. The van der Waals surface area contributed by atoms with Crippen molar-refractivity contribution in [2.45, 2.75) is 65.1 Å². The Morgan fingerprint density at radius 3 is 2.33 bits per heavy atom. The van der Waals surface area contributed by atoms with Crippen molar-refractivity contribution in [3.05, 3.63) is 107 Å². The van der Waals surface area contributed by atoms with Crippen LogP contribution < -0.4 is 15.5 Å². The summed E-state index contributed by atoms with van der Waals surface area (Å²) < 4.78 is 28.0. The van der Waals surface area contributed by atoms with Gasteiger partial charge in [0.15, 0.2) is 0 Å². The second kappa shape index (κ2) is 15.5. The van der Waals surface area contributed by atoms with Gasteiger partial charge in [0.2, 0.25) is 0 Å². The third kappa shape index (κ3) is 8.81. The number of aromatic nitrogens is 1. The van der Waals surface area contributed by atoms with Crippen molar-refractivity contribution in [3.63, 3.8) is 0 Å². The van der Waals surface area contributed by atoms with E-state index < -0.39 is 23.8 Å². The molecular weight excluding hydrogens is 546 g/mol. The fraction of sp³-hybridized carbons (Fsp3) is 0.371. The van der Waals surface area contributed by atoms with E-state index in [9.17, 15) is 18.7 Å². The number of rotatable bonds is 15. The van der Waals surface area contributed by atoms with E-state index in [-0.39, 0.29) is 18.9 Å². The number of aliphatic hydroxyl groups is 1. The Bertz CT molecular complexity index is 1490. The molecule has 0 fully saturated rings. The lowest BCUT2D eigenvalue weighted by Crippen LogP contribution is -2.48. The zero-order chi connectivity index (χ0) is 30.8. The van der Waals surface area contributed by atoms with Crippen LogP contribution in [-0.2, 0) is 19.4 Å². The Kier molecular flexibility index (Phi) is 11.6. The number of aryl methyl sites for hydroxylation is 1. The van der Waals surface area contributed by atoms with E-state index in [1.807, 2.05) is 30.3 Å². The molecule has 1 amide bonds. The molecule has 0 aliphatic carbocycles. The normalized spacial score (nSPS) is 12.7. The number of aliphatic hydroxyl groups excluding tert-OH is 1. The number of halogens is 2. The number of hydrogen-bond donors (Lipinski definition) is 3. The molecule has 0 aliphatic rings. The first kappa shape index (κ1) is 32.0. The second-order valence-corrected chi connectivity index (χ2v) is 11.0. The maximum atomic E-state index is 14.0. The molecule has 1 heterocycles. The van der Waals surface area contributed by atoms with Gasteiger partial charge in [0.1, 0.15) is 17.5 Å². The molecular formula is C35H42F2N4O2. The van der Waals surface area contributed by atoms with E-state index in [1.165, 1.54) is 17.7 Å². The van der Waals surface area contributed by atoms with Gasteiger partial charge in [0.25, 0.3) is 5.91 Å². The summed E-state index contributed by atoms with van der Waals surface area (Å²) >= 11 is 0. The van der Waals surface area contributed by atoms with Gasteiger partial charge in [0, 0.05) is 49.4 Å². The highest BCUT2D eigenvalue weighted by molar-refractivity contribution is 6.01. The van der Waals surface area contributed by atoms with Crippen LogP contribution in [0.15, 0.2) is 72.9 Å². The lowest BCUT2D eigenvalue weighted by molar-refractivity contribution is 0.0830. The first-order chi connectivity index (χ1) is 20.8. The third-order valence-corrected chi connectivity index (χ3v) is 7.54. The first-order valence-electron chi connectivity index (χ1n) is 15.2. The van der Waals surface area contributed by atoms with Gasteiger partial charge in [0.05, 0.1) is 12.1 Å². The maximum absolute atomic E-state index is 14.0. The van der Waals surface area contributed by atoms with Crippen LogP contribution in [0.4, 0.5) is 14.6 Å². The van der Waals surface area contributed by atoms with Gasteiger partial charge < -0.3 is 20.6 Å². The smallest absolute Gasteiger partial charge is 0.251 e. The first-order valence-corrected chi connectivity index (χ1v) is 15.2. The zero-order valence-electron chi connectivity index (χ0n) is 25.2. The Morgan fingerprint density at radius 2 is 1.63 bits per heavy atom. The van der Waals surface area contributed by atoms with Crippen molar-refractivity contribution >= 4 is 22.5 Å². The highest BCUT2D eigenvalue weighted by Crippen LogP contribution is 2.26. The molecule has 0 bridgehead atoms. The average Bonchev–Trinajstić information content (AvgIpc) is 2.99. The van der Waals surface area contributed by atoms with Crippen molar-refractivity contribution in [2.24, 2.45) is 0 Å². The molecule has 2 atom stereocenters. The van der Waals surface area contributed by atoms with Gasteiger partial charge >= 0.3 is 0 Å². The molecule has 0 aliphatic heterocycles. The predicted octanol–water partition coefficient (Wildman–Crippen LogP) is 6.19. The van der Waals surface area contributed by atoms with Crippen LogP contribution in [0.1, 0.15) is 60.7 Å². The summed E-state index contributed by atoms with van der Waals surface area (Å²) in [6, 6.07) is 18.0. The summed E-state index contributed by atoms with van der Waals surface area (Å²) in [5.74, 6) is -0.964. The average molecular weight is 589 g/mol. The molecule has 8 heteroatoms. The number of pyridine rings is 1. The van der Waals surface area contributed by atoms with E-state index in [1.54, 1.807) is 12.3 Å². The van der Waals surface area contributed by atoms with Crippen LogP contribution >= 0.6 is 0 Å². The van der Waals surface area contributed by atoms with Crippen molar-refractivity contribution in [2.75, 3.05) is 24.5 Å². The van der Waals surface area contributed by atoms with Gasteiger partial charge in [-0.15, -0.1) is 0 Å². The molecule has 0 radical (unpaired) electrons. The van der Waals surface area contributed by atoms with Gasteiger partial charge in [-0.05, 0) is 78.1 Å². The molecule has 0 unspecified atom stereocenters. The van der Waals surface area contributed by atoms with Crippen LogP contribution in [0.25, 0.3) is 10.8 Å². The predicted molar refractivity (Wildman–Crippen MR) is 169 cm³/mol. The van der Waals surface area contributed by atoms with Gasteiger partial charge in [-0.3, -0.25) is 4.79 Å².